The van der Waals surface area contributed by atoms with Crippen molar-refractivity contribution in [3.63, 3.8) is 0 Å². The molecule has 12 rings (SSSR count). The van der Waals surface area contributed by atoms with E-state index in [4.69, 9.17) is 15.0 Å². The van der Waals surface area contributed by atoms with Gasteiger partial charge in [-0.1, -0.05) is 18.2 Å². The van der Waals surface area contributed by atoms with E-state index in [2.05, 4.69) is 118 Å². The summed E-state index contributed by atoms with van der Waals surface area (Å²) in [6.07, 6.45) is 17.2. The summed E-state index contributed by atoms with van der Waals surface area (Å²) in [5.74, 6) is 5.67. The van der Waals surface area contributed by atoms with Gasteiger partial charge in [0.15, 0.2) is 34.4 Å². The van der Waals surface area contributed by atoms with Crippen molar-refractivity contribution in [1.82, 2.24) is 73.7 Å². The average Bonchev–Trinajstić information content (AvgIpc) is 4.15. The number of rotatable bonds is 9. The second kappa shape index (κ2) is 20.7. The van der Waals surface area contributed by atoms with Gasteiger partial charge in [0.05, 0.1) is 34.2 Å². The maximum atomic E-state index is 4.78. The lowest BCUT2D eigenvalue weighted by atomic mass is 10.0. The standard InChI is InChI=1S/3C18H22N6/c3*1-11-4-5-14-6-7-15(21-17(14)20-11)8-9-16-22-18-13(3)19-10-12(2)24(18)23-16/h3*6-7,10-11H,4-5,8-9H2,1-3H3,(H,20,21)/t2*11-;/m10./s1. The minimum atomic E-state index is 0.499. The number of fused-ring (bicyclic) bond motifs is 6. The third-order valence-corrected chi connectivity index (χ3v) is 13.9. The summed E-state index contributed by atoms with van der Waals surface area (Å²) in [4.78, 5) is 41.3. The molecule has 18 nitrogen and oxygen atoms in total. The quantitative estimate of drug-likeness (QED) is 0.125. The lowest BCUT2D eigenvalue weighted by molar-refractivity contribution is 0.670. The molecule has 0 saturated heterocycles. The Morgan fingerprint density at radius 3 is 0.972 bits per heavy atom. The van der Waals surface area contributed by atoms with Crippen LogP contribution in [0.3, 0.4) is 0 Å². The van der Waals surface area contributed by atoms with Crippen LogP contribution >= 0.6 is 0 Å². The van der Waals surface area contributed by atoms with Gasteiger partial charge in [0, 0.05) is 73.1 Å². The average molecular weight is 967 g/mol. The molecule has 0 fully saturated rings. The largest absolute Gasteiger partial charge is 0.367 e. The predicted molar refractivity (Wildman–Crippen MR) is 280 cm³/mol. The van der Waals surface area contributed by atoms with Crippen LogP contribution in [-0.4, -0.2) is 91.8 Å². The lowest BCUT2D eigenvalue weighted by Gasteiger charge is -2.23. The minimum Gasteiger partial charge on any atom is -0.367 e. The van der Waals surface area contributed by atoms with E-state index in [1.807, 2.05) is 73.7 Å². The smallest absolute Gasteiger partial charge is 0.177 e. The number of aromatic nitrogens is 15. The van der Waals surface area contributed by atoms with Gasteiger partial charge in [-0.3, -0.25) is 15.0 Å². The summed E-state index contributed by atoms with van der Waals surface area (Å²) in [5.41, 5.74) is 15.5. The minimum absolute atomic E-state index is 0.499. The monoisotopic (exact) mass is 967 g/mol. The molecule has 372 valence electrons. The number of nitrogens with zero attached hydrogens (tertiary/aromatic N) is 15. The Balaban J connectivity index is 0.000000124. The van der Waals surface area contributed by atoms with Gasteiger partial charge in [-0.15, -0.1) is 0 Å². The van der Waals surface area contributed by atoms with Crippen molar-refractivity contribution in [3.05, 3.63) is 140 Å². The third kappa shape index (κ3) is 10.7. The van der Waals surface area contributed by atoms with Gasteiger partial charge < -0.3 is 16.0 Å². The van der Waals surface area contributed by atoms with E-state index in [0.29, 0.717) is 18.1 Å². The molecule has 0 amide bonds. The Labute approximate surface area is 420 Å². The fourth-order valence-corrected chi connectivity index (χ4v) is 9.47. The molecule has 0 aromatic carbocycles. The SMILES string of the molecule is Cc1ncc(C)n2nc(CCc3ccc4c(n3)NC(C)CC4)nc12.Cc1ncc(C)n2nc(CCc3ccc4c(n3)N[C@@H](C)CC4)nc12.Cc1ncc(C)n2nc(CCc3ccc4c(n3)N[C@H](C)CC4)nc12. The Kier molecular flexibility index (Phi) is 13.8. The highest BCUT2D eigenvalue weighted by Gasteiger charge is 2.20. The van der Waals surface area contributed by atoms with Gasteiger partial charge in [-0.25, -0.2) is 43.5 Å². The van der Waals surface area contributed by atoms with Crippen LogP contribution in [0.5, 0.6) is 0 Å². The van der Waals surface area contributed by atoms with Crippen molar-refractivity contribution in [2.75, 3.05) is 16.0 Å². The zero-order valence-electron chi connectivity index (χ0n) is 43.1. The zero-order valence-corrected chi connectivity index (χ0v) is 43.1. The Morgan fingerprint density at radius 1 is 0.403 bits per heavy atom. The maximum absolute atomic E-state index is 4.78. The van der Waals surface area contributed by atoms with Gasteiger partial charge in [0.2, 0.25) is 0 Å². The van der Waals surface area contributed by atoms with Crippen LogP contribution in [0.25, 0.3) is 16.9 Å². The van der Waals surface area contributed by atoms with Gasteiger partial charge in [-0.2, -0.15) is 15.3 Å². The number of pyridine rings is 3. The number of anilines is 3. The van der Waals surface area contributed by atoms with Crippen molar-refractivity contribution >= 4 is 34.4 Å². The van der Waals surface area contributed by atoms with Crippen LogP contribution in [-0.2, 0) is 57.8 Å². The first-order valence-corrected chi connectivity index (χ1v) is 25.6. The van der Waals surface area contributed by atoms with Crippen LogP contribution in [0.1, 0.15) is 125 Å². The summed E-state index contributed by atoms with van der Waals surface area (Å²) >= 11 is 0. The van der Waals surface area contributed by atoms with E-state index in [0.717, 1.165) is 161 Å². The molecule has 9 aromatic rings. The molecule has 3 N–H and O–H groups in total. The highest BCUT2D eigenvalue weighted by atomic mass is 15.3. The van der Waals surface area contributed by atoms with Crippen LogP contribution in [0, 0.1) is 41.5 Å². The Hall–Kier alpha value is -7.50. The van der Waals surface area contributed by atoms with Crippen LogP contribution < -0.4 is 16.0 Å². The highest BCUT2D eigenvalue weighted by Crippen LogP contribution is 2.26. The molecular weight excluding hydrogens is 901 g/mol. The molecule has 3 aliphatic heterocycles. The number of aryl methyl sites for hydroxylation is 15. The van der Waals surface area contributed by atoms with Crippen molar-refractivity contribution in [2.45, 2.75) is 157 Å². The first kappa shape index (κ1) is 48.1. The fourth-order valence-electron chi connectivity index (χ4n) is 9.47. The summed E-state index contributed by atoms with van der Waals surface area (Å²) < 4.78 is 5.63. The molecule has 0 bridgehead atoms. The topological polar surface area (TPSA) is 204 Å². The van der Waals surface area contributed by atoms with Crippen LogP contribution in [0.4, 0.5) is 17.5 Å². The summed E-state index contributed by atoms with van der Waals surface area (Å²) in [5, 5.41) is 24.3. The van der Waals surface area contributed by atoms with E-state index in [-0.39, 0.29) is 0 Å². The molecule has 12 heterocycles. The van der Waals surface area contributed by atoms with E-state index in [9.17, 15) is 0 Å². The lowest BCUT2D eigenvalue weighted by Crippen LogP contribution is -2.23. The van der Waals surface area contributed by atoms with Crippen LogP contribution in [0.2, 0.25) is 0 Å². The van der Waals surface area contributed by atoms with Crippen molar-refractivity contribution in [1.29, 1.82) is 0 Å². The van der Waals surface area contributed by atoms with E-state index < -0.39 is 0 Å². The van der Waals surface area contributed by atoms with E-state index >= 15 is 0 Å². The molecule has 9 aromatic heterocycles. The number of nitrogens with one attached hydrogen (secondary N) is 3. The van der Waals surface area contributed by atoms with Gasteiger partial charge in [-0.05, 0) is 155 Å². The van der Waals surface area contributed by atoms with Gasteiger partial charge in [0.1, 0.15) is 17.5 Å². The molecule has 0 spiro atoms. The van der Waals surface area contributed by atoms with Crippen molar-refractivity contribution < 1.29 is 0 Å². The molecule has 18 heteroatoms. The Morgan fingerprint density at radius 2 is 0.694 bits per heavy atom. The maximum Gasteiger partial charge on any atom is 0.177 e. The molecule has 0 radical (unpaired) electrons. The second-order valence-corrected chi connectivity index (χ2v) is 19.9. The van der Waals surface area contributed by atoms with Crippen LogP contribution in [0.15, 0.2) is 55.0 Å². The second-order valence-electron chi connectivity index (χ2n) is 19.9. The normalized spacial score (nSPS) is 16.9. The van der Waals surface area contributed by atoms with E-state index in [1.165, 1.54) is 36.0 Å². The molecule has 3 atom stereocenters. The highest BCUT2D eigenvalue weighted by molar-refractivity contribution is 5.51. The number of hydrogen-bond donors (Lipinski definition) is 3. The van der Waals surface area contributed by atoms with Gasteiger partial charge >= 0.3 is 0 Å². The summed E-state index contributed by atoms with van der Waals surface area (Å²) in [6, 6.07) is 14.5. The van der Waals surface area contributed by atoms with E-state index in [1.54, 1.807) is 0 Å². The molecule has 72 heavy (non-hydrogen) atoms. The summed E-state index contributed by atoms with van der Waals surface area (Å²) in [7, 11) is 0. The molecule has 1 unspecified atom stereocenters. The number of hydrogen-bond acceptors (Lipinski definition) is 15. The molecule has 0 saturated carbocycles. The molecular formula is C54H66N18. The Bertz CT molecular complexity index is 2930. The molecule has 3 aliphatic rings. The molecule has 0 aliphatic carbocycles. The predicted octanol–water partition coefficient (Wildman–Crippen LogP) is 8.00. The first-order valence-electron chi connectivity index (χ1n) is 25.6. The third-order valence-electron chi connectivity index (χ3n) is 13.9. The fraction of sp³-hybridized carbons (Fsp3) is 0.444. The first-order chi connectivity index (χ1) is 34.8. The van der Waals surface area contributed by atoms with Gasteiger partial charge in [0.25, 0.3) is 0 Å². The summed E-state index contributed by atoms with van der Waals surface area (Å²) in [6.45, 7) is 18.5. The zero-order chi connectivity index (χ0) is 50.0. The van der Waals surface area contributed by atoms with Crippen molar-refractivity contribution in [2.24, 2.45) is 0 Å². The van der Waals surface area contributed by atoms with Crippen molar-refractivity contribution in [3.8, 4) is 0 Å².